The van der Waals surface area contributed by atoms with Crippen LogP contribution in [0.5, 0.6) is 5.75 Å². The molecule has 0 atom stereocenters. The Balaban J connectivity index is 1.86. The maximum Gasteiger partial charge on any atom is 0.267 e. The van der Waals surface area contributed by atoms with E-state index in [4.69, 9.17) is 10.00 Å². The molecule has 128 valence electrons. The minimum Gasteiger partial charge on any atom is -0.497 e. The van der Waals surface area contributed by atoms with Crippen molar-refractivity contribution in [2.24, 2.45) is 0 Å². The summed E-state index contributed by atoms with van der Waals surface area (Å²) in [5, 5.41) is 14.9. The Morgan fingerprint density at radius 1 is 1.16 bits per heavy atom. The zero-order chi connectivity index (χ0) is 18.1. The summed E-state index contributed by atoms with van der Waals surface area (Å²) in [5.74, 6) is 0.252. The maximum absolute atomic E-state index is 12.1. The van der Waals surface area contributed by atoms with Gasteiger partial charge in [-0.15, -0.1) is 0 Å². The number of methoxy groups -OCH3 is 1. The summed E-state index contributed by atoms with van der Waals surface area (Å²) in [6.07, 6.45) is 2.27. The second-order valence-corrected chi connectivity index (χ2v) is 5.54. The lowest BCUT2D eigenvalue weighted by Gasteiger charge is -2.06. The van der Waals surface area contributed by atoms with Gasteiger partial charge in [0.25, 0.3) is 5.91 Å². The number of rotatable bonds is 7. The number of nitrogens with zero attached hydrogens (tertiary/aromatic N) is 1. The van der Waals surface area contributed by atoms with Crippen LogP contribution in [0.25, 0.3) is 0 Å². The Morgan fingerprint density at radius 2 is 1.84 bits per heavy atom. The molecular formula is C20H21N3O2. The zero-order valence-corrected chi connectivity index (χ0v) is 14.4. The van der Waals surface area contributed by atoms with Gasteiger partial charge in [0.05, 0.1) is 7.11 Å². The summed E-state index contributed by atoms with van der Waals surface area (Å²) in [5.41, 5.74) is 3.05. The molecule has 0 radical (unpaired) electrons. The van der Waals surface area contributed by atoms with Gasteiger partial charge in [-0.1, -0.05) is 29.8 Å². The monoisotopic (exact) mass is 335 g/mol. The third-order valence-electron chi connectivity index (χ3n) is 3.64. The summed E-state index contributed by atoms with van der Waals surface area (Å²) in [6, 6.07) is 17.1. The second kappa shape index (κ2) is 9.14. The molecule has 0 bridgehead atoms. The van der Waals surface area contributed by atoms with Crippen LogP contribution in [0.2, 0.25) is 0 Å². The van der Waals surface area contributed by atoms with Crippen LogP contribution in [0.4, 0.5) is 5.69 Å². The van der Waals surface area contributed by atoms with Crippen molar-refractivity contribution in [1.29, 1.82) is 5.26 Å². The van der Waals surface area contributed by atoms with Gasteiger partial charge in [0.1, 0.15) is 17.4 Å². The quantitative estimate of drug-likeness (QED) is 0.463. The first kappa shape index (κ1) is 18.1. The third kappa shape index (κ3) is 5.70. The van der Waals surface area contributed by atoms with Crippen molar-refractivity contribution in [2.45, 2.75) is 13.3 Å². The van der Waals surface area contributed by atoms with Crippen LogP contribution in [0.1, 0.15) is 11.1 Å². The fraction of sp³-hybridized carbons (Fsp3) is 0.200. The third-order valence-corrected chi connectivity index (χ3v) is 3.64. The van der Waals surface area contributed by atoms with Gasteiger partial charge in [-0.05, 0) is 43.2 Å². The highest BCUT2D eigenvalue weighted by Crippen LogP contribution is 2.15. The first-order valence-electron chi connectivity index (χ1n) is 7.97. The lowest BCUT2D eigenvalue weighted by Crippen LogP contribution is -2.18. The number of nitriles is 1. The molecule has 5 nitrogen and oxygen atoms in total. The largest absolute Gasteiger partial charge is 0.497 e. The minimum atomic E-state index is -0.449. The van der Waals surface area contributed by atoms with Crippen molar-refractivity contribution >= 4 is 11.6 Å². The van der Waals surface area contributed by atoms with Gasteiger partial charge < -0.3 is 15.4 Å². The fourth-order valence-corrected chi connectivity index (χ4v) is 2.17. The van der Waals surface area contributed by atoms with Crippen molar-refractivity contribution in [3.8, 4) is 11.8 Å². The van der Waals surface area contributed by atoms with Crippen LogP contribution in [0, 0.1) is 18.3 Å². The van der Waals surface area contributed by atoms with E-state index in [2.05, 4.69) is 34.9 Å². The van der Waals surface area contributed by atoms with E-state index in [1.807, 2.05) is 13.0 Å². The number of ether oxygens (including phenoxy) is 1. The number of carbonyl (C=O) groups is 1. The zero-order valence-electron chi connectivity index (χ0n) is 14.4. The highest BCUT2D eigenvalue weighted by atomic mass is 16.5. The number of amides is 1. The molecule has 0 aliphatic heterocycles. The van der Waals surface area contributed by atoms with E-state index in [0.717, 1.165) is 6.42 Å². The Morgan fingerprint density at radius 3 is 2.44 bits per heavy atom. The maximum atomic E-state index is 12.1. The Hall–Kier alpha value is -3.26. The van der Waals surface area contributed by atoms with Crippen LogP contribution in [-0.2, 0) is 11.2 Å². The predicted octanol–water partition coefficient (Wildman–Crippen LogP) is 3.18. The number of aryl methyl sites for hydroxylation is 1. The molecule has 5 heteroatoms. The van der Waals surface area contributed by atoms with Gasteiger partial charge >= 0.3 is 0 Å². The number of nitrogens with one attached hydrogen (secondary N) is 2. The molecule has 2 aromatic rings. The van der Waals surface area contributed by atoms with Gasteiger partial charge in [0, 0.05) is 18.4 Å². The van der Waals surface area contributed by atoms with Crippen molar-refractivity contribution in [3.05, 3.63) is 71.4 Å². The van der Waals surface area contributed by atoms with Crippen LogP contribution in [-0.4, -0.2) is 19.6 Å². The first-order valence-corrected chi connectivity index (χ1v) is 7.97. The second-order valence-electron chi connectivity index (χ2n) is 5.54. The van der Waals surface area contributed by atoms with Crippen molar-refractivity contribution in [2.75, 3.05) is 19.0 Å². The van der Waals surface area contributed by atoms with E-state index in [9.17, 15) is 4.79 Å². The topological polar surface area (TPSA) is 74.1 Å². The van der Waals surface area contributed by atoms with Crippen LogP contribution in [0.15, 0.2) is 60.3 Å². The van der Waals surface area contributed by atoms with Gasteiger partial charge in [-0.25, -0.2) is 0 Å². The van der Waals surface area contributed by atoms with E-state index in [1.165, 1.54) is 17.3 Å². The highest BCUT2D eigenvalue weighted by Gasteiger charge is 2.09. The lowest BCUT2D eigenvalue weighted by molar-refractivity contribution is -0.112. The van der Waals surface area contributed by atoms with Crippen molar-refractivity contribution in [1.82, 2.24) is 5.32 Å². The number of hydrogen-bond acceptors (Lipinski definition) is 4. The smallest absolute Gasteiger partial charge is 0.267 e. The Bertz CT molecular complexity index is 772. The van der Waals surface area contributed by atoms with E-state index in [0.29, 0.717) is 18.0 Å². The number of benzene rings is 2. The molecular weight excluding hydrogens is 314 g/mol. The summed E-state index contributed by atoms with van der Waals surface area (Å²) in [7, 11) is 1.58. The molecule has 0 unspecified atom stereocenters. The Labute approximate surface area is 147 Å². The minimum absolute atomic E-state index is 0.0275. The summed E-state index contributed by atoms with van der Waals surface area (Å²) in [4.78, 5) is 12.1. The van der Waals surface area contributed by atoms with Crippen LogP contribution < -0.4 is 15.4 Å². The summed E-state index contributed by atoms with van der Waals surface area (Å²) in [6.45, 7) is 2.69. The molecule has 0 spiro atoms. The van der Waals surface area contributed by atoms with E-state index < -0.39 is 5.91 Å². The van der Waals surface area contributed by atoms with Gasteiger partial charge in [-0.3, -0.25) is 4.79 Å². The van der Waals surface area contributed by atoms with E-state index in [1.54, 1.807) is 31.4 Å². The van der Waals surface area contributed by atoms with Gasteiger partial charge in [-0.2, -0.15) is 5.26 Å². The number of carbonyl (C=O) groups excluding carboxylic acids is 1. The standard InChI is InChI=1S/C20H21N3O2/c1-15-3-5-16(6-4-15)11-12-22-14-17(13-21)20(24)23-18-7-9-19(25-2)10-8-18/h3-10,14,22H,11-12H2,1-2H3,(H,23,24)/b17-14-. The molecule has 2 rings (SSSR count). The molecule has 0 saturated carbocycles. The van der Waals surface area contributed by atoms with Crippen molar-refractivity contribution < 1.29 is 9.53 Å². The molecule has 0 aromatic heterocycles. The molecule has 0 aliphatic rings. The highest BCUT2D eigenvalue weighted by molar-refractivity contribution is 6.06. The number of hydrogen-bond donors (Lipinski definition) is 2. The SMILES string of the molecule is COc1ccc(NC(=O)/C(C#N)=C\NCCc2ccc(C)cc2)cc1. The molecule has 0 heterocycles. The number of anilines is 1. The average molecular weight is 335 g/mol. The fourth-order valence-electron chi connectivity index (χ4n) is 2.17. The van der Waals surface area contributed by atoms with E-state index >= 15 is 0 Å². The van der Waals surface area contributed by atoms with E-state index in [-0.39, 0.29) is 5.57 Å². The lowest BCUT2D eigenvalue weighted by atomic mass is 10.1. The molecule has 2 aromatic carbocycles. The molecule has 0 aliphatic carbocycles. The first-order chi connectivity index (χ1) is 12.1. The van der Waals surface area contributed by atoms with Crippen LogP contribution in [0.3, 0.4) is 0 Å². The van der Waals surface area contributed by atoms with Gasteiger partial charge in [0.2, 0.25) is 0 Å². The summed E-state index contributed by atoms with van der Waals surface area (Å²) < 4.78 is 5.06. The molecule has 2 N–H and O–H groups in total. The van der Waals surface area contributed by atoms with Crippen molar-refractivity contribution in [3.63, 3.8) is 0 Å². The molecule has 25 heavy (non-hydrogen) atoms. The predicted molar refractivity (Wildman–Crippen MR) is 98.2 cm³/mol. The average Bonchev–Trinajstić information content (AvgIpc) is 2.64. The van der Waals surface area contributed by atoms with Gasteiger partial charge in [0.15, 0.2) is 0 Å². The molecule has 0 saturated heterocycles. The normalized spacial score (nSPS) is 10.7. The Kier molecular flexibility index (Phi) is 6.61. The summed E-state index contributed by atoms with van der Waals surface area (Å²) >= 11 is 0. The molecule has 1 amide bonds. The molecule has 0 fully saturated rings. The van der Waals surface area contributed by atoms with Crippen LogP contribution >= 0.6 is 0 Å².